The topological polar surface area (TPSA) is 52.6 Å². The van der Waals surface area contributed by atoms with Crippen molar-refractivity contribution in [1.82, 2.24) is 0 Å². The van der Waals surface area contributed by atoms with E-state index >= 15 is 0 Å². The quantitative estimate of drug-likeness (QED) is 0.724. The summed E-state index contributed by atoms with van der Waals surface area (Å²) in [5.74, 6) is -0.396. The molecule has 4 heteroatoms. The molecular formula is C14H22O4. The van der Waals surface area contributed by atoms with Gasteiger partial charge in [-0.3, -0.25) is 9.59 Å². The summed E-state index contributed by atoms with van der Waals surface area (Å²) < 4.78 is 11.1. The molecule has 0 bridgehead atoms. The molecular weight excluding hydrogens is 232 g/mol. The first-order valence-corrected chi connectivity index (χ1v) is 7.00. The minimum atomic E-state index is -0.535. The molecule has 1 saturated heterocycles. The predicted octanol–water partition coefficient (Wildman–Crippen LogP) is 2.59. The zero-order chi connectivity index (χ0) is 13.2. The van der Waals surface area contributed by atoms with E-state index < -0.39 is 5.60 Å². The van der Waals surface area contributed by atoms with Crippen molar-refractivity contribution in [3.05, 3.63) is 0 Å². The van der Waals surface area contributed by atoms with Crippen LogP contribution < -0.4 is 0 Å². The molecule has 2 aliphatic rings. The van der Waals surface area contributed by atoms with Gasteiger partial charge in [0.2, 0.25) is 0 Å². The number of ether oxygens (including phenoxy) is 2. The molecule has 2 atom stereocenters. The molecule has 18 heavy (non-hydrogen) atoms. The van der Waals surface area contributed by atoms with Gasteiger partial charge < -0.3 is 9.47 Å². The average Bonchev–Trinajstić information content (AvgIpc) is 2.98. The molecule has 0 radical (unpaired) electrons. The summed E-state index contributed by atoms with van der Waals surface area (Å²) in [6.07, 6.45) is 5.43. The molecule has 0 N–H and O–H groups in total. The summed E-state index contributed by atoms with van der Waals surface area (Å²) in [5.41, 5.74) is -0.535. The van der Waals surface area contributed by atoms with Crippen molar-refractivity contribution in [3.63, 3.8) is 0 Å². The van der Waals surface area contributed by atoms with E-state index in [9.17, 15) is 9.59 Å². The summed E-state index contributed by atoms with van der Waals surface area (Å²) >= 11 is 0. The first kappa shape index (κ1) is 13.4. The van der Waals surface area contributed by atoms with E-state index in [1.165, 1.54) is 0 Å². The van der Waals surface area contributed by atoms with Crippen LogP contribution in [0.1, 0.15) is 58.8 Å². The molecule has 0 aromatic rings. The van der Waals surface area contributed by atoms with Crippen molar-refractivity contribution in [2.75, 3.05) is 0 Å². The van der Waals surface area contributed by atoms with Gasteiger partial charge in [0.15, 0.2) is 0 Å². The van der Waals surface area contributed by atoms with Gasteiger partial charge in [-0.15, -0.1) is 0 Å². The Morgan fingerprint density at radius 3 is 2.67 bits per heavy atom. The lowest BCUT2D eigenvalue weighted by atomic mass is 9.92. The Morgan fingerprint density at radius 1 is 1.50 bits per heavy atom. The number of rotatable bonds is 4. The zero-order valence-electron chi connectivity index (χ0n) is 11.2. The molecule has 0 spiro atoms. The lowest BCUT2D eigenvalue weighted by molar-refractivity contribution is -0.182. The van der Waals surface area contributed by atoms with Gasteiger partial charge in [-0.2, -0.15) is 0 Å². The Morgan fingerprint density at radius 2 is 2.17 bits per heavy atom. The van der Waals surface area contributed by atoms with Crippen LogP contribution in [0.4, 0.5) is 0 Å². The molecule has 0 amide bonds. The highest BCUT2D eigenvalue weighted by Crippen LogP contribution is 2.41. The molecule has 0 aromatic heterocycles. The monoisotopic (exact) mass is 254 g/mol. The summed E-state index contributed by atoms with van der Waals surface area (Å²) in [7, 11) is 0. The normalized spacial score (nSPS) is 27.9. The van der Waals surface area contributed by atoms with Crippen molar-refractivity contribution >= 4 is 11.9 Å². The molecule has 4 nitrogen and oxygen atoms in total. The summed E-state index contributed by atoms with van der Waals surface area (Å²) in [6.45, 7) is 3.86. The van der Waals surface area contributed by atoms with E-state index in [-0.39, 0.29) is 24.0 Å². The summed E-state index contributed by atoms with van der Waals surface area (Å²) in [4.78, 5) is 23.3. The average molecular weight is 254 g/mol. The van der Waals surface area contributed by atoms with E-state index in [1.807, 2.05) is 13.8 Å². The van der Waals surface area contributed by atoms with E-state index in [0.717, 1.165) is 32.1 Å². The fourth-order valence-corrected chi connectivity index (χ4v) is 2.83. The van der Waals surface area contributed by atoms with Crippen molar-refractivity contribution in [1.29, 1.82) is 0 Å². The van der Waals surface area contributed by atoms with Gasteiger partial charge in [0.05, 0.1) is 5.92 Å². The van der Waals surface area contributed by atoms with Gasteiger partial charge in [-0.25, -0.2) is 0 Å². The highest BCUT2D eigenvalue weighted by atomic mass is 16.6. The minimum Gasteiger partial charge on any atom is -0.458 e. The molecule has 2 unspecified atom stereocenters. The van der Waals surface area contributed by atoms with Crippen LogP contribution in [-0.2, 0) is 19.1 Å². The van der Waals surface area contributed by atoms with E-state index in [2.05, 4.69) is 0 Å². The highest BCUT2D eigenvalue weighted by molar-refractivity contribution is 5.73. The molecule has 1 aliphatic heterocycles. The van der Waals surface area contributed by atoms with Crippen LogP contribution in [0.25, 0.3) is 0 Å². The minimum absolute atomic E-state index is 0.0837. The number of hydrogen-bond acceptors (Lipinski definition) is 4. The third-order valence-electron chi connectivity index (χ3n) is 4.24. The van der Waals surface area contributed by atoms with Gasteiger partial charge in [0.1, 0.15) is 11.7 Å². The van der Waals surface area contributed by atoms with Gasteiger partial charge in [0, 0.05) is 6.42 Å². The maximum Gasteiger partial charge on any atom is 0.309 e. The Bertz CT molecular complexity index is 331. The lowest BCUT2D eigenvalue weighted by Crippen LogP contribution is -2.45. The van der Waals surface area contributed by atoms with E-state index in [1.54, 1.807) is 0 Å². The second-order valence-electron chi connectivity index (χ2n) is 5.52. The SMILES string of the molecule is CCC(C)C(=O)OC1(C2CCC(=O)O2)CCCC1. The van der Waals surface area contributed by atoms with Crippen molar-refractivity contribution in [2.24, 2.45) is 5.92 Å². The van der Waals surface area contributed by atoms with Gasteiger partial charge in [-0.05, 0) is 38.5 Å². The maximum absolute atomic E-state index is 12.0. The molecule has 0 aromatic carbocycles. The summed E-state index contributed by atoms with van der Waals surface area (Å²) in [5, 5.41) is 0. The Balaban J connectivity index is 2.07. The predicted molar refractivity (Wildman–Crippen MR) is 65.9 cm³/mol. The second kappa shape index (κ2) is 5.29. The highest BCUT2D eigenvalue weighted by Gasteiger charge is 2.49. The van der Waals surface area contributed by atoms with E-state index in [4.69, 9.17) is 9.47 Å². The van der Waals surface area contributed by atoms with Crippen LogP contribution in [0.5, 0.6) is 0 Å². The fourth-order valence-electron chi connectivity index (χ4n) is 2.83. The number of hydrogen-bond donors (Lipinski definition) is 0. The van der Waals surface area contributed by atoms with Gasteiger partial charge >= 0.3 is 11.9 Å². The molecule has 1 heterocycles. The van der Waals surface area contributed by atoms with Crippen LogP contribution in [0.15, 0.2) is 0 Å². The van der Waals surface area contributed by atoms with Crippen molar-refractivity contribution in [3.8, 4) is 0 Å². The second-order valence-corrected chi connectivity index (χ2v) is 5.52. The molecule has 1 aliphatic carbocycles. The first-order chi connectivity index (χ1) is 8.57. The Hall–Kier alpha value is -1.06. The van der Waals surface area contributed by atoms with Gasteiger partial charge in [0.25, 0.3) is 0 Å². The number of esters is 2. The fraction of sp³-hybridized carbons (Fsp3) is 0.857. The van der Waals surface area contributed by atoms with Crippen LogP contribution in [0.2, 0.25) is 0 Å². The molecule has 1 saturated carbocycles. The Kier molecular flexibility index (Phi) is 3.93. The molecule has 102 valence electrons. The lowest BCUT2D eigenvalue weighted by Gasteiger charge is -2.34. The largest absolute Gasteiger partial charge is 0.458 e. The number of carbonyl (C=O) groups excluding carboxylic acids is 2. The third kappa shape index (κ3) is 2.52. The van der Waals surface area contributed by atoms with E-state index in [0.29, 0.717) is 12.8 Å². The Labute approximate surface area is 108 Å². The molecule has 2 rings (SSSR count). The van der Waals surface area contributed by atoms with Crippen molar-refractivity contribution in [2.45, 2.75) is 70.5 Å². The smallest absolute Gasteiger partial charge is 0.309 e. The van der Waals surface area contributed by atoms with Crippen LogP contribution in [0, 0.1) is 5.92 Å². The zero-order valence-corrected chi connectivity index (χ0v) is 11.2. The number of cyclic esters (lactones) is 1. The maximum atomic E-state index is 12.0. The first-order valence-electron chi connectivity index (χ1n) is 7.00. The standard InChI is InChI=1S/C14H22O4/c1-3-10(2)13(16)18-14(8-4-5-9-14)11-6-7-12(15)17-11/h10-11H,3-9H2,1-2H3. The van der Waals surface area contributed by atoms with Crippen LogP contribution in [0.3, 0.4) is 0 Å². The summed E-state index contributed by atoms with van der Waals surface area (Å²) in [6, 6.07) is 0. The van der Waals surface area contributed by atoms with Gasteiger partial charge in [-0.1, -0.05) is 13.8 Å². The number of carbonyl (C=O) groups is 2. The molecule has 2 fully saturated rings. The third-order valence-corrected chi connectivity index (χ3v) is 4.24. The van der Waals surface area contributed by atoms with Crippen LogP contribution >= 0.6 is 0 Å². The van der Waals surface area contributed by atoms with Crippen molar-refractivity contribution < 1.29 is 19.1 Å². The van der Waals surface area contributed by atoms with Crippen LogP contribution in [-0.4, -0.2) is 23.6 Å².